The molecule has 0 aromatic heterocycles. The van der Waals surface area contributed by atoms with E-state index in [1.807, 2.05) is 12.1 Å². The Labute approximate surface area is 122 Å². The van der Waals surface area contributed by atoms with Crippen LogP contribution in [0.3, 0.4) is 0 Å². The summed E-state index contributed by atoms with van der Waals surface area (Å²) < 4.78 is 6.01. The Bertz CT molecular complexity index is 462. The van der Waals surface area contributed by atoms with Crippen LogP contribution in [0, 0.1) is 17.8 Å². The van der Waals surface area contributed by atoms with Gasteiger partial charge in [-0.25, -0.2) is 0 Å². The van der Waals surface area contributed by atoms with Crippen molar-refractivity contribution in [2.45, 2.75) is 51.7 Å². The lowest BCUT2D eigenvalue weighted by atomic mass is 9.89. The molecule has 20 heavy (non-hydrogen) atoms. The van der Waals surface area contributed by atoms with Crippen molar-refractivity contribution in [3.63, 3.8) is 0 Å². The fraction of sp³-hybridized carbons (Fsp3) is 0.556. The van der Waals surface area contributed by atoms with E-state index < -0.39 is 0 Å². The van der Waals surface area contributed by atoms with E-state index >= 15 is 0 Å². The minimum Gasteiger partial charge on any atom is -0.395 e. The van der Waals surface area contributed by atoms with E-state index in [1.165, 1.54) is 31.2 Å². The summed E-state index contributed by atoms with van der Waals surface area (Å²) in [4.78, 5) is 0. The maximum absolute atomic E-state index is 8.72. The molecule has 0 aliphatic heterocycles. The standard InChI is InChI=1S/C18H24O2/c1-15-8-10-18(11-9-15)20-14-17-7-4-6-16(13-17)5-2-3-12-19/h4,6-7,13,15,18-19H,3,8-12,14H2,1H3. The molecule has 108 valence electrons. The third kappa shape index (κ3) is 5.00. The molecule has 1 fully saturated rings. The molecule has 0 unspecified atom stereocenters. The van der Waals surface area contributed by atoms with Crippen molar-refractivity contribution < 1.29 is 9.84 Å². The quantitative estimate of drug-likeness (QED) is 0.850. The van der Waals surface area contributed by atoms with Crippen LogP contribution in [0.15, 0.2) is 24.3 Å². The first kappa shape index (κ1) is 15.1. The number of aliphatic hydroxyl groups excluding tert-OH is 1. The number of hydrogen-bond acceptors (Lipinski definition) is 2. The fourth-order valence-corrected chi connectivity index (χ4v) is 2.57. The average Bonchev–Trinajstić information content (AvgIpc) is 2.47. The van der Waals surface area contributed by atoms with Crippen LogP contribution in [0.25, 0.3) is 0 Å². The zero-order valence-electron chi connectivity index (χ0n) is 12.3. The van der Waals surface area contributed by atoms with E-state index in [0.29, 0.717) is 19.1 Å². The van der Waals surface area contributed by atoms with Crippen LogP contribution >= 0.6 is 0 Å². The smallest absolute Gasteiger partial charge is 0.0721 e. The molecule has 2 rings (SSSR count). The summed E-state index contributed by atoms with van der Waals surface area (Å²) in [6, 6.07) is 8.18. The van der Waals surface area contributed by atoms with Gasteiger partial charge in [-0.15, -0.1) is 0 Å². The zero-order chi connectivity index (χ0) is 14.2. The maximum atomic E-state index is 8.72. The van der Waals surface area contributed by atoms with Crippen molar-refractivity contribution in [2.75, 3.05) is 6.61 Å². The van der Waals surface area contributed by atoms with Gasteiger partial charge in [-0.05, 0) is 49.3 Å². The monoisotopic (exact) mass is 272 g/mol. The lowest BCUT2D eigenvalue weighted by Crippen LogP contribution is -2.20. The second kappa shape index (κ2) is 8.09. The molecule has 0 heterocycles. The number of ether oxygens (including phenoxy) is 1. The van der Waals surface area contributed by atoms with Crippen molar-refractivity contribution in [3.05, 3.63) is 35.4 Å². The average molecular weight is 272 g/mol. The van der Waals surface area contributed by atoms with Crippen LogP contribution in [-0.2, 0) is 11.3 Å². The first-order valence-corrected chi connectivity index (χ1v) is 7.58. The topological polar surface area (TPSA) is 29.5 Å². The Morgan fingerprint density at radius 2 is 2.05 bits per heavy atom. The number of rotatable bonds is 4. The highest BCUT2D eigenvalue weighted by Gasteiger charge is 2.18. The number of benzene rings is 1. The van der Waals surface area contributed by atoms with Crippen molar-refractivity contribution in [2.24, 2.45) is 5.92 Å². The Balaban J connectivity index is 1.84. The number of hydrogen-bond donors (Lipinski definition) is 1. The summed E-state index contributed by atoms with van der Waals surface area (Å²) in [6.07, 6.45) is 5.92. The Morgan fingerprint density at radius 1 is 1.25 bits per heavy atom. The van der Waals surface area contributed by atoms with Crippen LogP contribution in [0.2, 0.25) is 0 Å². The summed E-state index contributed by atoms with van der Waals surface area (Å²) in [6.45, 7) is 3.12. The molecule has 0 amide bonds. The van der Waals surface area contributed by atoms with Crippen LogP contribution in [-0.4, -0.2) is 17.8 Å². The van der Waals surface area contributed by atoms with Gasteiger partial charge in [0, 0.05) is 12.0 Å². The molecule has 1 aliphatic carbocycles. The molecule has 2 nitrogen and oxygen atoms in total. The van der Waals surface area contributed by atoms with Gasteiger partial charge in [-0.2, -0.15) is 0 Å². The molecule has 1 aromatic carbocycles. The van der Waals surface area contributed by atoms with E-state index in [4.69, 9.17) is 9.84 Å². The Hall–Kier alpha value is -1.30. The van der Waals surface area contributed by atoms with E-state index in [1.54, 1.807) is 0 Å². The summed E-state index contributed by atoms with van der Waals surface area (Å²) >= 11 is 0. The highest BCUT2D eigenvalue weighted by Crippen LogP contribution is 2.26. The number of aliphatic hydroxyl groups is 1. The maximum Gasteiger partial charge on any atom is 0.0721 e. The third-order valence-corrected chi connectivity index (χ3v) is 3.85. The molecule has 1 aliphatic rings. The fourth-order valence-electron chi connectivity index (χ4n) is 2.57. The summed E-state index contributed by atoms with van der Waals surface area (Å²) in [5, 5.41) is 8.72. The van der Waals surface area contributed by atoms with E-state index in [-0.39, 0.29) is 6.61 Å². The zero-order valence-corrected chi connectivity index (χ0v) is 12.3. The van der Waals surface area contributed by atoms with E-state index in [0.717, 1.165) is 11.5 Å². The molecule has 0 atom stereocenters. The normalized spacial score (nSPS) is 22.1. The lowest BCUT2D eigenvalue weighted by Gasteiger charge is -2.26. The van der Waals surface area contributed by atoms with Gasteiger partial charge in [0.25, 0.3) is 0 Å². The Morgan fingerprint density at radius 3 is 2.80 bits per heavy atom. The first-order valence-electron chi connectivity index (χ1n) is 7.58. The summed E-state index contributed by atoms with van der Waals surface area (Å²) in [7, 11) is 0. The molecule has 1 N–H and O–H groups in total. The highest BCUT2D eigenvalue weighted by atomic mass is 16.5. The van der Waals surface area contributed by atoms with E-state index in [2.05, 4.69) is 30.9 Å². The molecule has 1 aromatic rings. The van der Waals surface area contributed by atoms with Gasteiger partial charge >= 0.3 is 0 Å². The predicted molar refractivity (Wildman–Crippen MR) is 81.2 cm³/mol. The third-order valence-electron chi connectivity index (χ3n) is 3.85. The summed E-state index contributed by atoms with van der Waals surface area (Å²) in [5.74, 6) is 6.87. The minimum atomic E-state index is 0.121. The van der Waals surface area contributed by atoms with Crippen LogP contribution < -0.4 is 0 Å². The van der Waals surface area contributed by atoms with Crippen molar-refractivity contribution in [1.82, 2.24) is 0 Å². The van der Waals surface area contributed by atoms with Crippen molar-refractivity contribution in [1.29, 1.82) is 0 Å². The molecular weight excluding hydrogens is 248 g/mol. The van der Waals surface area contributed by atoms with Gasteiger partial charge < -0.3 is 9.84 Å². The molecule has 1 saturated carbocycles. The molecule has 0 spiro atoms. The van der Waals surface area contributed by atoms with Crippen molar-refractivity contribution >= 4 is 0 Å². The largest absolute Gasteiger partial charge is 0.395 e. The predicted octanol–water partition coefficient (Wildman–Crippen LogP) is 3.52. The van der Waals surface area contributed by atoms with Gasteiger partial charge in [0.2, 0.25) is 0 Å². The molecule has 0 bridgehead atoms. The van der Waals surface area contributed by atoms with E-state index in [9.17, 15) is 0 Å². The lowest BCUT2D eigenvalue weighted by molar-refractivity contribution is 0.00877. The van der Waals surface area contributed by atoms with Gasteiger partial charge in [0.1, 0.15) is 0 Å². The van der Waals surface area contributed by atoms with Gasteiger partial charge in [0.05, 0.1) is 19.3 Å². The molecular formula is C18H24O2. The summed E-state index contributed by atoms with van der Waals surface area (Å²) in [5.41, 5.74) is 2.18. The first-order chi connectivity index (χ1) is 9.78. The van der Waals surface area contributed by atoms with Crippen LogP contribution in [0.5, 0.6) is 0 Å². The van der Waals surface area contributed by atoms with Crippen LogP contribution in [0.1, 0.15) is 50.2 Å². The highest BCUT2D eigenvalue weighted by molar-refractivity contribution is 5.36. The second-order valence-corrected chi connectivity index (χ2v) is 5.67. The molecule has 0 radical (unpaired) electrons. The van der Waals surface area contributed by atoms with Gasteiger partial charge in [-0.1, -0.05) is 30.9 Å². The minimum absolute atomic E-state index is 0.121. The van der Waals surface area contributed by atoms with Gasteiger partial charge in [-0.3, -0.25) is 0 Å². The molecule has 2 heteroatoms. The second-order valence-electron chi connectivity index (χ2n) is 5.67. The Kier molecular flexibility index (Phi) is 6.11. The van der Waals surface area contributed by atoms with Gasteiger partial charge in [0.15, 0.2) is 0 Å². The SMILES string of the molecule is CC1CCC(OCc2cccc(C#CCCO)c2)CC1. The van der Waals surface area contributed by atoms with Crippen molar-refractivity contribution in [3.8, 4) is 11.8 Å². The van der Waals surface area contributed by atoms with Crippen LogP contribution in [0.4, 0.5) is 0 Å². The molecule has 0 saturated heterocycles.